The van der Waals surface area contributed by atoms with Crippen molar-refractivity contribution in [1.82, 2.24) is 9.80 Å². The van der Waals surface area contributed by atoms with Gasteiger partial charge >= 0.3 is 0 Å². The van der Waals surface area contributed by atoms with Crippen molar-refractivity contribution < 1.29 is 4.39 Å². The molecule has 6 heteroatoms. The molecule has 0 aromatic heterocycles. The summed E-state index contributed by atoms with van der Waals surface area (Å²) in [6.07, 6.45) is 0.936. The molecule has 1 fully saturated rings. The minimum absolute atomic E-state index is 0.180. The van der Waals surface area contributed by atoms with Crippen molar-refractivity contribution in [3.8, 4) is 0 Å². The fourth-order valence-electron chi connectivity index (χ4n) is 2.78. The first-order valence-corrected chi connectivity index (χ1v) is 7.99. The summed E-state index contributed by atoms with van der Waals surface area (Å²) in [4.78, 5) is 5.18. The van der Waals surface area contributed by atoms with Crippen LogP contribution in [0.15, 0.2) is 18.2 Å². The van der Waals surface area contributed by atoms with Gasteiger partial charge < -0.3 is 5.73 Å². The largest absolute Gasteiger partial charge is 0.392 e. The highest BCUT2D eigenvalue weighted by Gasteiger charge is 2.24. The normalized spacial score (nSPS) is 18.6. The number of piperazine rings is 1. The second-order valence-electron chi connectivity index (χ2n) is 5.37. The Morgan fingerprint density at radius 2 is 2.05 bits per heavy atom. The summed E-state index contributed by atoms with van der Waals surface area (Å²) >= 11 is 11.2. The molecule has 0 saturated carbocycles. The molecule has 2 N–H and O–H groups in total. The second-order valence-corrected chi connectivity index (χ2v) is 6.25. The highest BCUT2D eigenvalue weighted by atomic mass is 35.5. The molecule has 1 aliphatic heterocycles. The predicted molar refractivity (Wildman–Crippen MR) is 89.1 cm³/mol. The number of rotatable bonds is 5. The Kier molecular flexibility index (Phi) is 5.93. The average Bonchev–Trinajstić information content (AvgIpc) is 2.45. The molecule has 1 saturated heterocycles. The number of nitrogens with two attached hydrogens (primary N) is 1. The molecular formula is C15H21ClFN3S. The van der Waals surface area contributed by atoms with Crippen molar-refractivity contribution in [2.24, 2.45) is 5.73 Å². The van der Waals surface area contributed by atoms with Gasteiger partial charge in [0.05, 0.1) is 11.0 Å². The molecule has 1 atom stereocenters. The van der Waals surface area contributed by atoms with Gasteiger partial charge in [-0.15, -0.1) is 0 Å². The van der Waals surface area contributed by atoms with Crippen LogP contribution in [0, 0.1) is 5.82 Å². The van der Waals surface area contributed by atoms with Gasteiger partial charge in [0.1, 0.15) is 5.82 Å². The third kappa shape index (κ3) is 4.36. The Labute approximate surface area is 135 Å². The standard InChI is InChI=1S/C15H21ClFN3S/c1-2-14(15(18)21)20-7-5-19(6-8-20)10-11-9-12(17)3-4-13(11)16/h3-4,9,14H,2,5-8,10H2,1H3,(H2,18,21). The van der Waals surface area contributed by atoms with E-state index in [-0.39, 0.29) is 11.9 Å². The Morgan fingerprint density at radius 3 is 2.62 bits per heavy atom. The van der Waals surface area contributed by atoms with Crippen molar-refractivity contribution in [3.63, 3.8) is 0 Å². The molecule has 1 aromatic rings. The smallest absolute Gasteiger partial charge is 0.123 e. The van der Waals surface area contributed by atoms with Crippen LogP contribution in [-0.2, 0) is 6.54 Å². The summed E-state index contributed by atoms with van der Waals surface area (Å²) < 4.78 is 13.3. The lowest BCUT2D eigenvalue weighted by Crippen LogP contribution is -2.53. The monoisotopic (exact) mass is 329 g/mol. The number of nitrogens with zero attached hydrogens (tertiary/aromatic N) is 2. The molecule has 3 nitrogen and oxygen atoms in total. The van der Waals surface area contributed by atoms with Gasteiger partial charge in [-0.2, -0.15) is 0 Å². The maximum Gasteiger partial charge on any atom is 0.123 e. The van der Waals surface area contributed by atoms with E-state index in [4.69, 9.17) is 29.6 Å². The van der Waals surface area contributed by atoms with Gasteiger partial charge in [0.15, 0.2) is 0 Å². The first-order valence-electron chi connectivity index (χ1n) is 7.21. The Bertz CT molecular complexity index is 504. The molecule has 1 aromatic carbocycles. The van der Waals surface area contributed by atoms with Crippen molar-refractivity contribution in [2.45, 2.75) is 25.9 Å². The summed E-state index contributed by atoms with van der Waals surface area (Å²) in [5.74, 6) is -0.243. The highest BCUT2D eigenvalue weighted by molar-refractivity contribution is 7.80. The van der Waals surface area contributed by atoms with E-state index in [1.54, 1.807) is 6.07 Å². The quantitative estimate of drug-likeness (QED) is 0.842. The zero-order valence-electron chi connectivity index (χ0n) is 12.2. The Balaban J connectivity index is 1.92. The first kappa shape index (κ1) is 16.6. The lowest BCUT2D eigenvalue weighted by molar-refractivity contribution is 0.112. The van der Waals surface area contributed by atoms with Gasteiger partial charge in [-0.05, 0) is 30.2 Å². The summed E-state index contributed by atoms with van der Waals surface area (Å²) in [5.41, 5.74) is 6.63. The molecule has 2 rings (SSSR count). The van der Waals surface area contributed by atoms with Gasteiger partial charge in [-0.1, -0.05) is 30.7 Å². The fourth-order valence-corrected chi connectivity index (χ4v) is 3.27. The van der Waals surface area contributed by atoms with Crippen LogP contribution in [0.2, 0.25) is 5.02 Å². The lowest BCUT2D eigenvalue weighted by atomic mass is 10.1. The van der Waals surface area contributed by atoms with Crippen LogP contribution in [-0.4, -0.2) is 47.0 Å². The second kappa shape index (κ2) is 7.49. The van der Waals surface area contributed by atoms with Gasteiger partial charge in [0, 0.05) is 37.7 Å². The zero-order chi connectivity index (χ0) is 15.4. The minimum Gasteiger partial charge on any atom is -0.392 e. The van der Waals surface area contributed by atoms with Gasteiger partial charge in [-0.3, -0.25) is 9.80 Å². The van der Waals surface area contributed by atoms with Crippen molar-refractivity contribution in [3.05, 3.63) is 34.6 Å². The van der Waals surface area contributed by atoms with E-state index >= 15 is 0 Å². The van der Waals surface area contributed by atoms with E-state index in [2.05, 4.69) is 16.7 Å². The third-order valence-electron chi connectivity index (χ3n) is 3.96. The van der Waals surface area contributed by atoms with Crippen LogP contribution in [0.3, 0.4) is 0 Å². The average molecular weight is 330 g/mol. The van der Waals surface area contributed by atoms with E-state index in [0.717, 1.165) is 38.2 Å². The molecule has 1 unspecified atom stereocenters. The minimum atomic E-state index is -0.243. The van der Waals surface area contributed by atoms with Crippen LogP contribution in [0.25, 0.3) is 0 Å². The molecule has 1 heterocycles. The van der Waals surface area contributed by atoms with Gasteiger partial charge in [0.25, 0.3) is 0 Å². The van der Waals surface area contributed by atoms with Crippen molar-refractivity contribution >= 4 is 28.8 Å². The molecule has 0 bridgehead atoms. The zero-order valence-corrected chi connectivity index (χ0v) is 13.8. The van der Waals surface area contributed by atoms with Crippen LogP contribution < -0.4 is 5.73 Å². The van der Waals surface area contributed by atoms with E-state index in [1.165, 1.54) is 12.1 Å². The number of hydrogen-bond donors (Lipinski definition) is 1. The Hall–Kier alpha value is -0.750. The molecule has 0 spiro atoms. The number of hydrogen-bond acceptors (Lipinski definition) is 3. The van der Waals surface area contributed by atoms with Gasteiger partial charge in [0.2, 0.25) is 0 Å². The van der Waals surface area contributed by atoms with E-state index in [1.807, 2.05) is 0 Å². The summed E-state index contributed by atoms with van der Waals surface area (Å²) in [6, 6.07) is 4.69. The molecule has 0 aliphatic carbocycles. The van der Waals surface area contributed by atoms with Gasteiger partial charge in [-0.25, -0.2) is 4.39 Å². The lowest BCUT2D eigenvalue weighted by Gasteiger charge is -2.38. The fraction of sp³-hybridized carbons (Fsp3) is 0.533. The van der Waals surface area contributed by atoms with Crippen molar-refractivity contribution in [2.75, 3.05) is 26.2 Å². The summed E-state index contributed by atoms with van der Waals surface area (Å²) in [5, 5.41) is 0.619. The SMILES string of the molecule is CCC(C(N)=S)N1CCN(Cc2cc(F)ccc2Cl)CC1. The molecule has 1 aliphatic rings. The molecule has 0 amide bonds. The number of halogens is 2. The van der Waals surface area contributed by atoms with E-state index in [9.17, 15) is 4.39 Å². The van der Waals surface area contributed by atoms with Crippen LogP contribution >= 0.6 is 23.8 Å². The van der Waals surface area contributed by atoms with E-state index in [0.29, 0.717) is 16.6 Å². The highest BCUT2D eigenvalue weighted by Crippen LogP contribution is 2.20. The van der Waals surface area contributed by atoms with Crippen LogP contribution in [0.5, 0.6) is 0 Å². The first-order chi connectivity index (χ1) is 10.0. The van der Waals surface area contributed by atoms with Crippen molar-refractivity contribution in [1.29, 1.82) is 0 Å². The van der Waals surface area contributed by atoms with Crippen LogP contribution in [0.1, 0.15) is 18.9 Å². The summed E-state index contributed by atoms with van der Waals surface area (Å²) in [7, 11) is 0. The molecule has 21 heavy (non-hydrogen) atoms. The third-order valence-corrected chi connectivity index (χ3v) is 4.61. The van der Waals surface area contributed by atoms with Crippen LogP contribution in [0.4, 0.5) is 4.39 Å². The molecule has 0 radical (unpaired) electrons. The Morgan fingerprint density at radius 1 is 1.38 bits per heavy atom. The predicted octanol–water partition coefficient (Wildman–Crippen LogP) is 2.66. The number of benzene rings is 1. The maximum absolute atomic E-state index is 13.3. The molecule has 116 valence electrons. The topological polar surface area (TPSA) is 32.5 Å². The summed E-state index contributed by atoms with van der Waals surface area (Å²) in [6.45, 7) is 6.43. The number of thiocarbonyl (C=S) groups is 1. The van der Waals surface area contributed by atoms with E-state index < -0.39 is 0 Å². The maximum atomic E-state index is 13.3. The molecular weight excluding hydrogens is 309 g/mol.